The first-order valence-corrected chi connectivity index (χ1v) is 8.13. The average Bonchev–Trinajstić information content (AvgIpc) is 3.36. The summed E-state index contributed by atoms with van der Waals surface area (Å²) >= 11 is 0. The third-order valence-corrected chi connectivity index (χ3v) is 3.75. The van der Waals surface area contributed by atoms with Gasteiger partial charge in [0.1, 0.15) is 11.5 Å². The molecule has 8 heteroatoms. The number of furan rings is 1. The molecule has 2 amide bonds. The van der Waals surface area contributed by atoms with Crippen molar-refractivity contribution in [3.8, 4) is 5.75 Å². The number of carbonyl (C=O) groups excluding carboxylic acids is 2. The Balaban J connectivity index is 1.44. The Morgan fingerprint density at radius 2 is 2.00 bits per heavy atom. The summed E-state index contributed by atoms with van der Waals surface area (Å²) in [5.74, 6) is -0.839. The first-order valence-electron chi connectivity index (χ1n) is 8.13. The van der Waals surface area contributed by atoms with Crippen LogP contribution in [0.2, 0.25) is 0 Å². The molecule has 3 rings (SSSR count). The van der Waals surface area contributed by atoms with Gasteiger partial charge in [0.15, 0.2) is 6.61 Å². The van der Waals surface area contributed by atoms with E-state index < -0.39 is 5.97 Å². The number of hydrogen-bond donors (Lipinski definition) is 3. The van der Waals surface area contributed by atoms with Crippen molar-refractivity contribution in [3.05, 3.63) is 47.9 Å². The third-order valence-electron chi connectivity index (χ3n) is 3.75. The molecule has 0 atom stereocenters. The fourth-order valence-corrected chi connectivity index (χ4v) is 2.23. The van der Waals surface area contributed by atoms with Crippen molar-refractivity contribution in [2.24, 2.45) is 5.92 Å². The van der Waals surface area contributed by atoms with E-state index in [1.807, 2.05) is 0 Å². The van der Waals surface area contributed by atoms with Gasteiger partial charge >= 0.3 is 5.97 Å². The molecule has 1 aliphatic carbocycles. The fourth-order valence-electron chi connectivity index (χ4n) is 2.23. The van der Waals surface area contributed by atoms with Gasteiger partial charge in [-0.3, -0.25) is 9.59 Å². The molecule has 0 radical (unpaired) electrons. The van der Waals surface area contributed by atoms with Gasteiger partial charge < -0.3 is 24.9 Å². The standard InChI is InChI=1S/C18H18N2O6/c21-16(19-9-14-6-7-15(26-14)18(23)24)10-25-13-3-1-2-12(8-13)20-17(22)11-4-5-11/h1-3,6-8,11H,4-5,9-10H2,(H,19,21)(H,20,22)(H,23,24). The lowest BCUT2D eigenvalue weighted by molar-refractivity contribution is -0.123. The van der Waals surface area contributed by atoms with Crippen LogP contribution >= 0.6 is 0 Å². The number of benzene rings is 1. The van der Waals surface area contributed by atoms with E-state index in [0.717, 1.165) is 12.8 Å². The van der Waals surface area contributed by atoms with E-state index in [9.17, 15) is 14.4 Å². The largest absolute Gasteiger partial charge is 0.484 e. The van der Waals surface area contributed by atoms with E-state index in [-0.39, 0.29) is 36.6 Å². The predicted octanol–water partition coefficient (Wildman–Crippen LogP) is 2.02. The van der Waals surface area contributed by atoms with E-state index in [2.05, 4.69) is 10.6 Å². The summed E-state index contributed by atoms with van der Waals surface area (Å²) in [7, 11) is 0. The molecular formula is C18H18N2O6. The van der Waals surface area contributed by atoms with Gasteiger partial charge in [-0.05, 0) is 37.1 Å². The van der Waals surface area contributed by atoms with Crippen LogP contribution in [0, 0.1) is 5.92 Å². The van der Waals surface area contributed by atoms with Crippen molar-refractivity contribution >= 4 is 23.5 Å². The maximum absolute atomic E-state index is 11.8. The Morgan fingerprint density at radius 3 is 2.69 bits per heavy atom. The van der Waals surface area contributed by atoms with Gasteiger partial charge in [0, 0.05) is 17.7 Å². The monoisotopic (exact) mass is 358 g/mol. The molecule has 1 aliphatic rings. The number of nitrogens with one attached hydrogen (secondary N) is 2. The van der Waals surface area contributed by atoms with Crippen LogP contribution in [0.3, 0.4) is 0 Å². The highest BCUT2D eigenvalue weighted by molar-refractivity contribution is 5.94. The van der Waals surface area contributed by atoms with E-state index >= 15 is 0 Å². The van der Waals surface area contributed by atoms with Crippen LogP contribution in [0.4, 0.5) is 5.69 Å². The maximum atomic E-state index is 11.8. The molecule has 1 aromatic heterocycles. The number of rotatable bonds is 8. The molecular weight excluding hydrogens is 340 g/mol. The summed E-state index contributed by atoms with van der Waals surface area (Å²) in [5, 5.41) is 14.2. The van der Waals surface area contributed by atoms with Crippen LogP contribution < -0.4 is 15.4 Å². The van der Waals surface area contributed by atoms with Crippen LogP contribution in [-0.4, -0.2) is 29.5 Å². The second-order valence-electron chi connectivity index (χ2n) is 5.93. The number of carbonyl (C=O) groups is 3. The highest BCUT2D eigenvalue weighted by Gasteiger charge is 2.29. The Hall–Kier alpha value is -3.29. The van der Waals surface area contributed by atoms with Gasteiger partial charge in [0.25, 0.3) is 5.91 Å². The molecule has 0 saturated heterocycles. The highest BCUT2D eigenvalue weighted by atomic mass is 16.5. The smallest absolute Gasteiger partial charge is 0.371 e. The Morgan fingerprint density at radius 1 is 1.19 bits per heavy atom. The third kappa shape index (κ3) is 4.85. The Kier molecular flexibility index (Phi) is 5.21. The quantitative estimate of drug-likeness (QED) is 0.664. The lowest BCUT2D eigenvalue weighted by Crippen LogP contribution is -2.28. The molecule has 1 saturated carbocycles. The minimum atomic E-state index is -1.17. The summed E-state index contributed by atoms with van der Waals surface area (Å²) in [6.07, 6.45) is 1.84. The fraction of sp³-hybridized carbons (Fsp3) is 0.278. The topological polar surface area (TPSA) is 118 Å². The first kappa shape index (κ1) is 17.5. The number of hydrogen-bond acceptors (Lipinski definition) is 5. The van der Waals surface area contributed by atoms with E-state index in [1.54, 1.807) is 24.3 Å². The predicted molar refractivity (Wildman–Crippen MR) is 90.8 cm³/mol. The maximum Gasteiger partial charge on any atom is 0.371 e. The van der Waals surface area contributed by atoms with Crippen LogP contribution in [0.15, 0.2) is 40.8 Å². The zero-order chi connectivity index (χ0) is 18.5. The van der Waals surface area contributed by atoms with Crippen molar-refractivity contribution in [2.75, 3.05) is 11.9 Å². The van der Waals surface area contributed by atoms with E-state index in [4.69, 9.17) is 14.3 Å². The zero-order valence-electron chi connectivity index (χ0n) is 13.9. The SMILES string of the molecule is O=C(COc1cccc(NC(=O)C2CC2)c1)NCc1ccc(C(=O)O)o1. The second-order valence-corrected chi connectivity index (χ2v) is 5.93. The lowest BCUT2D eigenvalue weighted by atomic mass is 10.3. The summed E-state index contributed by atoms with van der Waals surface area (Å²) in [4.78, 5) is 34.3. The molecule has 136 valence electrons. The van der Waals surface area contributed by atoms with Crippen molar-refractivity contribution < 1.29 is 28.6 Å². The zero-order valence-corrected chi connectivity index (χ0v) is 13.9. The van der Waals surface area contributed by atoms with E-state index in [0.29, 0.717) is 17.2 Å². The number of ether oxygens (including phenoxy) is 1. The van der Waals surface area contributed by atoms with Gasteiger partial charge in [-0.25, -0.2) is 4.79 Å². The van der Waals surface area contributed by atoms with Gasteiger partial charge in [-0.2, -0.15) is 0 Å². The summed E-state index contributed by atoms with van der Waals surface area (Å²) in [6.45, 7) is -0.153. The summed E-state index contributed by atoms with van der Waals surface area (Å²) in [5.41, 5.74) is 0.622. The van der Waals surface area contributed by atoms with Crippen LogP contribution in [0.5, 0.6) is 5.75 Å². The van der Waals surface area contributed by atoms with Gasteiger partial charge in [-0.1, -0.05) is 6.07 Å². The van der Waals surface area contributed by atoms with Gasteiger partial charge in [0.05, 0.1) is 6.54 Å². The molecule has 3 N–H and O–H groups in total. The minimum Gasteiger partial charge on any atom is -0.484 e. The minimum absolute atomic E-state index is 0.000860. The number of carboxylic acid groups (broad SMARTS) is 1. The van der Waals surface area contributed by atoms with Crippen molar-refractivity contribution in [3.63, 3.8) is 0 Å². The average molecular weight is 358 g/mol. The normalized spacial score (nSPS) is 13.1. The molecule has 1 heterocycles. The molecule has 26 heavy (non-hydrogen) atoms. The number of aromatic carboxylic acids is 1. The van der Waals surface area contributed by atoms with Gasteiger partial charge in [0.2, 0.25) is 11.7 Å². The van der Waals surface area contributed by atoms with Crippen LogP contribution in [0.1, 0.15) is 29.2 Å². The molecule has 1 aromatic carbocycles. The molecule has 2 aromatic rings. The van der Waals surface area contributed by atoms with Crippen molar-refractivity contribution in [2.45, 2.75) is 19.4 Å². The summed E-state index contributed by atoms with van der Waals surface area (Å²) < 4.78 is 10.4. The van der Waals surface area contributed by atoms with Crippen molar-refractivity contribution in [1.29, 1.82) is 0 Å². The Bertz CT molecular complexity index is 825. The van der Waals surface area contributed by atoms with Gasteiger partial charge in [-0.15, -0.1) is 0 Å². The molecule has 0 aliphatic heterocycles. The summed E-state index contributed by atoms with van der Waals surface area (Å²) in [6, 6.07) is 9.62. The van der Waals surface area contributed by atoms with Crippen LogP contribution in [-0.2, 0) is 16.1 Å². The van der Waals surface area contributed by atoms with Crippen molar-refractivity contribution in [1.82, 2.24) is 5.32 Å². The molecule has 8 nitrogen and oxygen atoms in total. The van der Waals surface area contributed by atoms with Crippen LogP contribution in [0.25, 0.3) is 0 Å². The molecule has 0 unspecified atom stereocenters. The van der Waals surface area contributed by atoms with E-state index in [1.165, 1.54) is 12.1 Å². The number of amides is 2. The molecule has 0 spiro atoms. The first-order chi connectivity index (χ1) is 12.5. The highest BCUT2D eigenvalue weighted by Crippen LogP contribution is 2.30. The number of anilines is 1. The molecule has 1 fully saturated rings. The second kappa shape index (κ2) is 7.73. The molecule has 0 bridgehead atoms. The number of carboxylic acids is 1. The Labute approximate surface area is 149 Å². The lowest BCUT2D eigenvalue weighted by Gasteiger charge is -2.09.